The molecule has 0 radical (unpaired) electrons. The molecule has 0 spiro atoms. The summed E-state index contributed by atoms with van der Waals surface area (Å²) in [6.45, 7) is 5.76. The van der Waals surface area contributed by atoms with E-state index in [1.54, 1.807) is 24.3 Å². The van der Waals surface area contributed by atoms with Crippen molar-refractivity contribution >= 4 is 38.9 Å². The minimum Gasteiger partial charge on any atom is -0.492 e. The van der Waals surface area contributed by atoms with E-state index >= 15 is 0 Å². The van der Waals surface area contributed by atoms with Crippen LogP contribution in [0, 0.1) is 0 Å². The molecule has 3 aromatic carbocycles. The lowest BCUT2D eigenvalue weighted by molar-refractivity contribution is -0.120. The van der Waals surface area contributed by atoms with Crippen molar-refractivity contribution in [1.29, 1.82) is 0 Å². The Bertz CT molecular complexity index is 1310. The van der Waals surface area contributed by atoms with Gasteiger partial charge in [0.15, 0.2) is 0 Å². The van der Waals surface area contributed by atoms with E-state index in [1.165, 1.54) is 42.8 Å². The Kier molecular flexibility index (Phi) is 8.61. The van der Waals surface area contributed by atoms with Gasteiger partial charge in [-0.25, -0.2) is 8.42 Å². The van der Waals surface area contributed by atoms with Crippen LogP contribution < -0.4 is 19.3 Å². The first-order chi connectivity index (χ1) is 17.8. The Morgan fingerprint density at radius 1 is 1.03 bits per heavy atom. The zero-order valence-electron chi connectivity index (χ0n) is 21.1. The molecule has 0 aliphatic carbocycles. The molecular formula is C28H32ClN3O4S. The number of sulfonamides is 1. The molecule has 4 rings (SSSR count). The molecule has 1 unspecified atom stereocenters. The molecule has 0 saturated carbocycles. The Morgan fingerprint density at radius 3 is 2.32 bits per heavy atom. The number of halogens is 1. The number of ether oxygens (including phenoxy) is 1. The van der Waals surface area contributed by atoms with Gasteiger partial charge in [0.2, 0.25) is 5.91 Å². The van der Waals surface area contributed by atoms with Gasteiger partial charge in [0, 0.05) is 23.8 Å². The average molecular weight is 542 g/mol. The summed E-state index contributed by atoms with van der Waals surface area (Å²) in [5, 5.41) is 3.37. The minimum atomic E-state index is -4.09. The predicted molar refractivity (Wildman–Crippen MR) is 148 cm³/mol. The summed E-state index contributed by atoms with van der Waals surface area (Å²) >= 11 is 5.98. The van der Waals surface area contributed by atoms with Crippen molar-refractivity contribution < 1.29 is 17.9 Å². The second kappa shape index (κ2) is 11.9. The number of nitrogens with zero attached hydrogens (tertiary/aromatic N) is 2. The van der Waals surface area contributed by atoms with E-state index in [9.17, 15) is 13.2 Å². The zero-order chi connectivity index (χ0) is 26.4. The normalized spacial score (nSPS) is 14.3. The highest BCUT2D eigenvalue weighted by molar-refractivity contribution is 7.92. The van der Waals surface area contributed by atoms with Crippen molar-refractivity contribution in [2.24, 2.45) is 0 Å². The predicted octanol–water partition coefficient (Wildman–Crippen LogP) is 5.41. The molecule has 1 aliphatic rings. The van der Waals surface area contributed by atoms with Crippen molar-refractivity contribution in [3.63, 3.8) is 0 Å². The topological polar surface area (TPSA) is 79.0 Å². The number of carbonyl (C=O) groups is 1. The number of rotatable bonds is 10. The number of anilines is 2. The maximum absolute atomic E-state index is 13.7. The second-order valence-corrected chi connectivity index (χ2v) is 11.2. The maximum Gasteiger partial charge on any atom is 0.264 e. The zero-order valence-corrected chi connectivity index (χ0v) is 22.6. The number of nitrogens with one attached hydrogen (secondary N) is 1. The van der Waals surface area contributed by atoms with Crippen LogP contribution in [-0.2, 0) is 14.8 Å². The van der Waals surface area contributed by atoms with E-state index < -0.39 is 22.5 Å². The number of para-hydroxylation sites is 2. The number of amides is 1. The Hall–Kier alpha value is -3.23. The van der Waals surface area contributed by atoms with E-state index in [-0.39, 0.29) is 16.6 Å². The molecule has 0 aromatic heterocycles. The van der Waals surface area contributed by atoms with Crippen molar-refractivity contribution in [2.45, 2.75) is 37.6 Å². The molecule has 1 heterocycles. The lowest BCUT2D eigenvalue weighted by atomic mass is 10.1. The number of benzene rings is 3. The summed E-state index contributed by atoms with van der Waals surface area (Å²) < 4.78 is 34.2. The highest BCUT2D eigenvalue weighted by Crippen LogP contribution is 2.33. The van der Waals surface area contributed by atoms with Crippen molar-refractivity contribution in [3.05, 3.63) is 83.4 Å². The van der Waals surface area contributed by atoms with Crippen LogP contribution >= 0.6 is 11.6 Å². The van der Waals surface area contributed by atoms with E-state index in [4.69, 9.17) is 16.3 Å². The average Bonchev–Trinajstić information content (AvgIpc) is 3.43. The number of hydrogen-bond donors (Lipinski definition) is 1. The fraction of sp³-hybridized carbons (Fsp3) is 0.321. The van der Waals surface area contributed by atoms with Crippen molar-refractivity contribution in [3.8, 4) is 5.75 Å². The molecule has 1 amide bonds. The summed E-state index contributed by atoms with van der Waals surface area (Å²) in [7, 11) is -4.09. The molecule has 1 atom stereocenters. The summed E-state index contributed by atoms with van der Waals surface area (Å²) in [6, 6.07) is 20.5. The van der Waals surface area contributed by atoms with Crippen LogP contribution in [0.3, 0.4) is 0 Å². The summed E-state index contributed by atoms with van der Waals surface area (Å²) in [4.78, 5) is 15.6. The van der Waals surface area contributed by atoms with Gasteiger partial charge in [0.25, 0.3) is 10.0 Å². The van der Waals surface area contributed by atoms with E-state index in [0.29, 0.717) is 17.4 Å². The smallest absolute Gasteiger partial charge is 0.264 e. The van der Waals surface area contributed by atoms with Gasteiger partial charge in [-0.1, -0.05) is 35.9 Å². The highest BCUT2D eigenvalue weighted by atomic mass is 35.5. The Balaban J connectivity index is 1.56. The Labute approximate surface area is 224 Å². The van der Waals surface area contributed by atoms with Crippen LogP contribution in [0.15, 0.2) is 77.7 Å². The molecule has 1 fully saturated rings. The van der Waals surface area contributed by atoms with Gasteiger partial charge in [0.1, 0.15) is 12.3 Å². The lowest BCUT2D eigenvalue weighted by Gasteiger charge is -2.27. The fourth-order valence-corrected chi connectivity index (χ4v) is 5.98. The number of hydrogen-bond acceptors (Lipinski definition) is 5. The quantitative estimate of drug-likeness (QED) is 0.371. The van der Waals surface area contributed by atoms with Gasteiger partial charge in [-0.15, -0.1) is 0 Å². The van der Waals surface area contributed by atoms with Crippen LogP contribution in [0.25, 0.3) is 0 Å². The highest BCUT2D eigenvalue weighted by Gasteiger charge is 2.30. The standard InChI is InChI=1S/C28H32ClN3O4S/c1-3-36-27-9-5-4-8-26(27)32(37(34,35)25-16-12-23(29)13-17-25)20-28(33)30-21(2)22-10-14-24(15-11-22)31-18-6-7-19-31/h4-5,8-17,21H,3,6-7,18-20H2,1-2H3,(H,30,33). The Morgan fingerprint density at radius 2 is 1.68 bits per heavy atom. The summed E-state index contributed by atoms with van der Waals surface area (Å²) in [5.41, 5.74) is 2.41. The van der Waals surface area contributed by atoms with Gasteiger partial charge in [0.05, 0.1) is 23.2 Å². The van der Waals surface area contributed by atoms with Crippen LogP contribution in [0.5, 0.6) is 5.75 Å². The van der Waals surface area contributed by atoms with E-state index in [0.717, 1.165) is 23.0 Å². The van der Waals surface area contributed by atoms with Crippen LogP contribution in [-0.4, -0.2) is 40.6 Å². The minimum absolute atomic E-state index is 0.0292. The molecule has 7 nitrogen and oxygen atoms in total. The second-order valence-electron chi connectivity index (χ2n) is 8.94. The third-order valence-corrected chi connectivity index (χ3v) is 8.39. The van der Waals surface area contributed by atoms with Crippen LogP contribution in [0.4, 0.5) is 11.4 Å². The molecule has 9 heteroatoms. The fourth-order valence-electron chi connectivity index (χ4n) is 4.42. The van der Waals surface area contributed by atoms with Gasteiger partial charge in [-0.05, 0) is 80.8 Å². The monoisotopic (exact) mass is 541 g/mol. The molecule has 1 aliphatic heterocycles. The lowest BCUT2D eigenvalue weighted by Crippen LogP contribution is -2.41. The first-order valence-electron chi connectivity index (χ1n) is 12.4. The van der Waals surface area contributed by atoms with Crippen LogP contribution in [0.1, 0.15) is 38.3 Å². The van der Waals surface area contributed by atoms with E-state index in [2.05, 4.69) is 22.3 Å². The van der Waals surface area contributed by atoms with Gasteiger partial charge < -0.3 is 15.0 Å². The number of carbonyl (C=O) groups excluding carboxylic acids is 1. The summed E-state index contributed by atoms with van der Waals surface area (Å²) in [5.74, 6) is -0.0548. The molecule has 3 aromatic rings. The van der Waals surface area contributed by atoms with Crippen molar-refractivity contribution in [2.75, 3.05) is 35.4 Å². The molecule has 196 valence electrons. The molecule has 0 bridgehead atoms. The third-order valence-electron chi connectivity index (χ3n) is 6.36. The molecular weight excluding hydrogens is 510 g/mol. The van der Waals surface area contributed by atoms with Gasteiger partial charge in [-0.3, -0.25) is 9.10 Å². The first-order valence-corrected chi connectivity index (χ1v) is 14.3. The summed E-state index contributed by atoms with van der Waals surface area (Å²) in [6.07, 6.45) is 2.41. The molecule has 37 heavy (non-hydrogen) atoms. The maximum atomic E-state index is 13.7. The molecule has 1 N–H and O–H groups in total. The van der Waals surface area contributed by atoms with Gasteiger partial charge >= 0.3 is 0 Å². The SMILES string of the molecule is CCOc1ccccc1N(CC(=O)NC(C)c1ccc(N2CCCC2)cc1)S(=O)(=O)c1ccc(Cl)cc1. The van der Waals surface area contributed by atoms with Crippen LogP contribution in [0.2, 0.25) is 5.02 Å². The van der Waals surface area contributed by atoms with Gasteiger partial charge in [-0.2, -0.15) is 0 Å². The largest absolute Gasteiger partial charge is 0.492 e. The first kappa shape index (κ1) is 26.8. The van der Waals surface area contributed by atoms with E-state index in [1.807, 2.05) is 26.0 Å². The van der Waals surface area contributed by atoms with Crippen molar-refractivity contribution in [1.82, 2.24) is 5.32 Å². The molecule has 1 saturated heterocycles. The third kappa shape index (κ3) is 6.37.